The molecule has 0 spiro atoms. The summed E-state index contributed by atoms with van der Waals surface area (Å²) in [5.41, 5.74) is 0. The highest BCUT2D eigenvalue weighted by molar-refractivity contribution is 5.64. The van der Waals surface area contributed by atoms with Gasteiger partial charge in [0.05, 0.1) is 0 Å². The van der Waals surface area contributed by atoms with Crippen LogP contribution in [0.4, 0.5) is 0 Å². The van der Waals surface area contributed by atoms with Crippen molar-refractivity contribution in [3.8, 4) is 0 Å². The first kappa shape index (κ1) is 9.15. The molecule has 0 N–H and O–H groups in total. The maximum Gasteiger partial charge on any atom is 0.142 e. The molecular formula is C9H14O. The summed E-state index contributed by atoms with van der Waals surface area (Å²) >= 11 is 0. The van der Waals surface area contributed by atoms with Gasteiger partial charge in [-0.05, 0) is 32.3 Å². The van der Waals surface area contributed by atoms with Crippen molar-refractivity contribution in [3.05, 3.63) is 24.3 Å². The third kappa shape index (κ3) is 7.15. The Labute approximate surface area is 62.4 Å². The second kappa shape index (κ2) is 8.15. The highest BCUT2D eigenvalue weighted by Gasteiger charge is 1.77. The third-order valence-corrected chi connectivity index (χ3v) is 1.19. The van der Waals surface area contributed by atoms with E-state index in [-0.39, 0.29) is 0 Å². The quantitative estimate of drug-likeness (QED) is 0.247. The van der Waals surface area contributed by atoms with Gasteiger partial charge in [0.2, 0.25) is 0 Å². The van der Waals surface area contributed by atoms with E-state index < -0.39 is 0 Å². The van der Waals surface area contributed by atoms with Crippen LogP contribution in [0.25, 0.3) is 0 Å². The minimum absolute atomic E-state index is 0.815. The molecule has 10 heavy (non-hydrogen) atoms. The third-order valence-electron chi connectivity index (χ3n) is 1.19. The summed E-state index contributed by atoms with van der Waals surface area (Å²) in [5, 5.41) is 0. The Hall–Kier alpha value is -0.850. The van der Waals surface area contributed by atoms with E-state index in [2.05, 4.69) is 6.08 Å². The van der Waals surface area contributed by atoms with Gasteiger partial charge in [-0.3, -0.25) is 4.79 Å². The minimum atomic E-state index is 0.815. The molecule has 0 unspecified atom stereocenters. The zero-order valence-electron chi connectivity index (χ0n) is 6.42. The Balaban J connectivity index is 3.04. The van der Waals surface area contributed by atoms with Gasteiger partial charge in [0, 0.05) is 0 Å². The zero-order valence-corrected chi connectivity index (χ0v) is 6.42. The number of rotatable bonds is 5. The fraction of sp³-hybridized carbons (Fsp3) is 0.444. The molecule has 1 heteroatoms. The molecule has 0 bridgehead atoms. The summed E-state index contributed by atoms with van der Waals surface area (Å²) in [6, 6.07) is 0. The first-order chi connectivity index (χ1) is 4.91. The average molecular weight is 138 g/mol. The number of hydrogen-bond acceptors (Lipinski definition) is 1. The van der Waals surface area contributed by atoms with Crippen LogP contribution in [-0.2, 0) is 4.79 Å². The van der Waals surface area contributed by atoms with Crippen LogP contribution >= 0.6 is 0 Å². The summed E-state index contributed by atoms with van der Waals surface area (Å²) < 4.78 is 0. The average Bonchev–Trinajstić information content (AvgIpc) is 1.97. The summed E-state index contributed by atoms with van der Waals surface area (Å²) in [5.74, 6) is 0. The van der Waals surface area contributed by atoms with E-state index in [1.807, 2.05) is 19.1 Å². The fourth-order valence-electron chi connectivity index (χ4n) is 0.672. The fourth-order valence-corrected chi connectivity index (χ4v) is 0.672. The molecular weight excluding hydrogens is 124 g/mol. The second-order valence-electron chi connectivity index (χ2n) is 2.06. The van der Waals surface area contributed by atoms with Gasteiger partial charge >= 0.3 is 0 Å². The molecule has 0 atom stereocenters. The van der Waals surface area contributed by atoms with Crippen LogP contribution in [0.3, 0.4) is 0 Å². The molecule has 0 aliphatic rings. The first-order valence-electron chi connectivity index (χ1n) is 3.63. The number of hydrogen-bond donors (Lipinski definition) is 0. The summed E-state index contributed by atoms with van der Waals surface area (Å²) in [6.07, 6.45) is 11.7. The van der Waals surface area contributed by atoms with E-state index in [1.54, 1.807) is 6.08 Å². The van der Waals surface area contributed by atoms with Gasteiger partial charge in [-0.1, -0.05) is 18.2 Å². The van der Waals surface area contributed by atoms with Crippen molar-refractivity contribution < 1.29 is 4.79 Å². The molecule has 0 aromatic carbocycles. The van der Waals surface area contributed by atoms with Gasteiger partial charge in [0.25, 0.3) is 0 Å². The van der Waals surface area contributed by atoms with E-state index in [4.69, 9.17) is 0 Å². The van der Waals surface area contributed by atoms with Crippen LogP contribution in [0.15, 0.2) is 24.3 Å². The molecule has 0 rings (SSSR count). The molecule has 0 amide bonds. The molecule has 0 aromatic heterocycles. The smallest absolute Gasteiger partial charge is 0.142 e. The molecule has 1 nitrogen and oxygen atoms in total. The lowest BCUT2D eigenvalue weighted by atomic mass is 10.2. The maximum atomic E-state index is 9.79. The van der Waals surface area contributed by atoms with Crippen molar-refractivity contribution in [2.45, 2.75) is 26.2 Å². The highest BCUT2D eigenvalue weighted by Crippen LogP contribution is 1.96. The van der Waals surface area contributed by atoms with Crippen molar-refractivity contribution >= 4 is 6.29 Å². The molecule has 0 fully saturated rings. The largest absolute Gasteiger partial charge is 0.299 e. The van der Waals surface area contributed by atoms with Gasteiger partial charge < -0.3 is 0 Å². The zero-order chi connectivity index (χ0) is 7.66. The molecule has 0 radical (unpaired) electrons. The molecule has 0 saturated carbocycles. The summed E-state index contributed by atoms with van der Waals surface area (Å²) in [7, 11) is 0. The predicted molar refractivity (Wildman–Crippen MR) is 43.9 cm³/mol. The van der Waals surface area contributed by atoms with Crippen LogP contribution in [-0.4, -0.2) is 6.29 Å². The van der Waals surface area contributed by atoms with Crippen LogP contribution in [0.2, 0.25) is 0 Å². The second-order valence-corrected chi connectivity index (χ2v) is 2.06. The predicted octanol–water partition coefficient (Wildman–Crippen LogP) is 2.49. The van der Waals surface area contributed by atoms with Crippen LogP contribution < -0.4 is 0 Å². The molecule has 0 heterocycles. The normalized spacial score (nSPS) is 11.3. The van der Waals surface area contributed by atoms with Gasteiger partial charge in [-0.2, -0.15) is 0 Å². The minimum Gasteiger partial charge on any atom is -0.299 e. The number of aldehydes is 1. The van der Waals surface area contributed by atoms with E-state index in [9.17, 15) is 4.79 Å². The van der Waals surface area contributed by atoms with Gasteiger partial charge in [-0.15, -0.1) is 0 Å². The lowest BCUT2D eigenvalue weighted by molar-refractivity contribution is -0.104. The Kier molecular flexibility index (Phi) is 7.46. The number of allylic oxidation sites excluding steroid dienone is 4. The number of carbonyl (C=O) groups excluding carboxylic acids is 1. The number of carbonyl (C=O) groups is 1. The van der Waals surface area contributed by atoms with Crippen LogP contribution in [0.5, 0.6) is 0 Å². The molecule has 0 aliphatic heterocycles. The summed E-state index contributed by atoms with van der Waals surface area (Å²) in [6.45, 7) is 2.02. The monoisotopic (exact) mass is 138 g/mol. The first-order valence-corrected chi connectivity index (χ1v) is 3.63. The van der Waals surface area contributed by atoms with Crippen LogP contribution in [0.1, 0.15) is 26.2 Å². The molecule has 0 aliphatic carbocycles. The van der Waals surface area contributed by atoms with Crippen molar-refractivity contribution in [1.82, 2.24) is 0 Å². The van der Waals surface area contributed by atoms with Crippen molar-refractivity contribution in [3.63, 3.8) is 0 Å². The Morgan fingerprint density at radius 2 is 1.90 bits per heavy atom. The molecule has 56 valence electrons. The lowest BCUT2D eigenvalue weighted by Crippen LogP contribution is -1.68. The Morgan fingerprint density at radius 3 is 2.50 bits per heavy atom. The van der Waals surface area contributed by atoms with Crippen molar-refractivity contribution in [2.75, 3.05) is 0 Å². The van der Waals surface area contributed by atoms with Gasteiger partial charge in [-0.25, -0.2) is 0 Å². The van der Waals surface area contributed by atoms with Crippen LogP contribution in [0, 0.1) is 0 Å². The van der Waals surface area contributed by atoms with Gasteiger partial charge in [0.15, 0.2) is 0 Å². The Bertz CT molecular complexity index is 123. The maximum absolute atomic E-state index is 9.79. The van der Waals surface area contributed by atoms with E-state index in [1.165, 1.54) is 0 Å². The SMILES string of the molecule is C/C=C/CCC/C=C/C=O. The van der Waals surface area contributed by atoms with E-state index in [0.717, 1.165) is 25.5 Å². The lowest BCUT2D eigenvalue weighted by Gasteiger charge is -1.86. The highest BCUT2D eigenvalue weighted by atomic mass is 16.1. The molecule has 0 aromatic rings. The van der Waals surface area contributed by atoms with Gasteiger partial charge in [0.1, 0.15) is 6.29 Å². The van der Waals surface area contributed by atoms with E-state index >= 15 is 0 Å². The number of unbranched alkanes of at least 4 members (excludes halogenated alkanes) is 2. The topological polar surface area (TPSA) is 17.1 Å². The van der Waals surface area contributed by atoms with Crippen molar-refractivity contribution in [2.24, 2.45) is 0 Å². The molecule has 0 saturated heterocycles. The van der Waals surface area contributed by atoms with Crippen molar-refractivity contribution in [1.29, 1.82) is 0 Å². The summed E-state index contributed by atoms with van der Waals surface area (Å²) in [4.78, 5) is 9.79. The Morgan fingerprint density at radius 1 is 1.20 bits per heavy atom. The standard InChI is InChI=1S/C9H14O/c1-2-3-4-5-6-7-8-9-10/h2-3,7-9H,4-6H2,1H3/b3-2+,8-7+. The van der Waals surface area contributed by atoms with E-state index in [0.29, 0.717) is 0 Å².